The zero-order chi connectivity index (χ0) is 16.7. The van der Waals surface area contributed by atoms with E-state index in [4.69, 9.17) is 16.3 Å². The molecule has 0 aliphatic carbocycles. The lowest BCUT2D eigenvalue weighted by atomic mass is 10.1. The smallest absolute Gasteiger partial charge is 0.238 e. The number of methoxy groups -OCH3 is 1. The van der Waals surface area contributed by atoms with Crippen LogP contribution in [-0.2, 0) is 11.2 Å². The first-order valence-corrected chi connectivity index (χ1v) is 7.86. The molecule has 0 aliphatic heterocycles. The number of amides is 1. The molecular formula is C18H21ClN2O2. The SMILES string of the molecule is COc1ccccc1CCNCC(=O)Nc1cc(Cl)ccc1C. The summed E-state index contributed by atoms with van der Waals surface area (Å²) in [4.78, 5) is 12.0. The number of hydrogen-bond donors (Lipinski definition) is 2. The largest absolute Gasteiger partial charge is 0.496 e. The van der Waals surface area contributed by atoms with Crippen LogP contribution in [-0.4, -0.2) is 26.1 Å². The molecule has 0 spiro atoms. The fraction of sp³-hybridized carbons (Fsp3) is 0.278. The van der Waals surface area contributed by atoms with Gasteiger partial charge in [0.15, 0.2) is 0 Å². The van der Waals surface area contributed by atoms with Crippen LogP contribution in [0.25, 0.3) is 0 Å². The summed E-state index contributed by atoms with van der Waals surface area (Å²) < 4.78 is 5.31. The van der Waals surface area contributed by atoms with E-state index >= 15 is 0 Å². The average molecular weight is 333 g/mol. The van der Waals surface area contributed by atoms with E-state index in [1.54, 1.807) is 19.2 Å². The third-order valence-corrected chi connectivity index (χ3v) is 3.76. The van der Waals surface area contributed by atoms with E-state index in [0.717, 1.165) is 29.0 Å². The summed E-state index contributed by atoms with van der Waals surface area (Å²) in [6.07, 6.45) is 0.799. The maximum atomic E-state index is 12.0. The molecule has 5 heteroatoms. The number of nitrogens with one attached hydrogen (secondary N) is 2. The molecule has 0 radical (unpaired) electrons. The monoisotopic (exact) mass is 332 g/mol. The Morgan fingerprint density at radius 3 is 2.78 bits per heavy atom. The molecule has 0 saturated carbocycles. The molecule has 0 heterocycles. The first kappa shape index (κ1) is 17.3. The van der Waals surface area contributed by atoms with Gasteiger partial charge in [0.1, 0.15) is 5.75 Å². The number of anilines is 1. The fourth-order valence-corrected chi connectivity index (χ4v) is 2.43. The van der Waals surface area contributed by atoms with Crippen LogP contribution in [0.15, 0.2) is 42.5 Å². The number of carbonyl (C=O) groups excluding carboxylic acids is 1. The van der Waals surface area contributed by atoms with E-state index in [2.05, 4.69) is 10.6 Å². The third kappa shape index (κ3) is 5.27. The predicted molar refractivity (Wildman–Crippen MR) is 94.4 cm³/mol. The van der Waals surface area contributed by atoms with Gasteiger partial charge in [0.05, 0.1) is 13.7 Å². The second-order valence-electron chi connectivity index (χ2n) is 5.25. The first-order valence-electron chi connectivity index (χ1n) is 7.49. The van der Waals surface area contributed by atoms with Crippen LogP contribution in [0, 0.1) is 6.92 Å². The van der Waals surface area contributed by atoms with Crippen LogP contribution in [0.5, 0.6) is 5.75 Å². The Hall–Kier alpha value is -2.04. The standard InChI is InChI=1S/C18H21ClN2O2/c1-13-7-8-15(19)11-16(13)21-18(22)12-20-10-9-14-5-3-4-6-17(14)23-2/h3-8,11,20H,9-10,12H2,1-2H3,(H,21,22). The van der Waals surface area contributed by atoms with Crippen molar-refractivity contribution in [3.63, 3.8) is 0 Å². The number of benzene rings is 2. The van der Waals surface area contributed by atoms with Gasteiger partial charge in [-0.15, -0.1) is 0 Å². The molecule has 122 valence electrons. The number of rotatable bonds is 7. The molecular weight excluding hydrogens is 312 g/mol. The van der Waals surface area contributed by atoms with E-state index in [9.17, 15) is 4.79 Å². The quantitative estimate of drug-likeness (QED) is 0.764. The topological polar surface area (TPSA) is 50.4 Å². The summed E-state index contributed by atoms with van der Waals surface area (Å²) in [5.74, 6) is 0.781. The van der Waals surface area contributed by atoms with Crippen molar-refractivity contribution in [2.75, 3.05) is 25.5 Å². The van der Waals surface area contributed by atoms with Crippen LogP contribution in [0.3, 0.4) is 0 Å². The molecule has 23 heavy (non-hydrogen) atoms. The fourth-order valence-electron chi connectivity index (χ4n) is 2.26. The number of para-hydroxylation sites is 1. The Labute approximate surface area is 141 Å². The van der Waals surface area contributed by atoms with Gasteiger partial charge >= 0.3 is 0 Å². The maximum Gasteiger partial charge on any atom is 0.238 e. The molecule has 0 unspecified atom stereocenters. The normalized spacial score (nSPS) is 10.4. The van der Waals surface area contributed by atoms with Crippen molar-refractivity contribution in [1.82, 2.24) is 5.32 Å². The van der Waals surface area contributed by atoms with Gasteiger partial charge in [0.2, 0.25) is 5.91 Å². The Bertz CT molecular complexity index is 674. The summed E-state index contributed by atoms with van der Waals surface area (Å²) in [6, 6.07) is 13.3. The van der Waals surface area contributed by atoms with Gasteiger partial charge in [-0.2, -0.15) is 0 Å². The van der Waals surface area contributed by atoms with Crippen LogP contribution in [0.2, 0.25) is 5.02 Å². The minimum absolute atomic E-state index is 0.0876. The molecule has 0 saturated heterocycles. The number of halogens is 1. The van der Waals surface area contributed by atoms with Crippen LogP contribution in [0.1, 0.15) is 11.1 Å². The van der Waals surface area contributed by atoms with E-state index in [1.807, 2.05) is 37.3 Å². The van der Waals surface area contributed by atoms with Crippen molar-refractivity contribution >= 4 is 23.2 Å². The lowest BCUT2D eigenvalue weighted by Gasteiger charge is -2.11. The minimum Gasteiger partial charge on any atom is -0.496 e. The number of ether oxygens (including phenoxy) is 1. The molecule has 4 nitrogen and oxygen atoms in total. The number of hydrogen-bond acceptors (Lipinski definition) is 3. The third-order valence-electron chi connectivity index (χ3n) is 3.52. The second kappa shape index (κ2) is 8.56. The molecule has 0 aromatic heterocycles. The highest BCUT2D eigenvalue weighted by molar-refractivity contribution is 6.31. The van der Waals surface area contributed by atoms with Crippen LogP contribution >= 0.6 is 11.6 Å². The van der Waals surface area contributed by atoms with Crippen molar-refractivity contribution < 1.29 is 9.53 Å². The summed E-state index contributed by atoms with van der Waals surface area (Å²) in [5, 5.41) is 6.61. The maximum absolute atomic E-state index is 12.0. The molecule has 0 atom stereocenters. The van der Waals surface area contributed by atoms with E-state index in [1.165, 1.54) is 0 Å². The van der Waals surface area contributed by atoms with E-state index < -0.39 is 0 Å². The van der Waals surface area contributed by atoms with Gasteiger partial charge in [0, 0.05) is 10.7 Å². The van der Waals surface area contributed by atoms with Crippen molar-refractivity contribution in [1.29, 1.82) is 0 Å². The van der Waals surface area contributed by atoms with E-state index in [-0.39, 0.29) is 12.5 Å². The molecule has 2 rings (SSSR count). The Balaban J connectivity index is 1.78. The molecule has 0 fully saturated rings. The molecule has 2 aromatic rings. The lowest BCUT2D eigenvalue weighted by molar-refractivity contribution is -0.115. The number of carbonyl (C=O) groups is 1. The van der Waals surface area contributed by atoms with Crippen LogP contribution < -0.4 is 15.4 Å². The zero-order valence-corrected chi connectivity index (χ0v) is 14.1. The summed E-state index contributed by atoms with van der Waals surface area (Å²) >= 11 is 5.94. The highest BCUT2D eigenvalue weighted by Crippen LogP contribution is 2.20. The van der Waals surface area contributed by atoms with Gasteiger partial charge < -0.3 is 15.4 Å². The van der Waals surface area contributed by atoms with Crippen molar-refractivity contribution in [2.45, 2.75) is 13.3 Å². The zero-order valence-electron chi connectivity index (χ0n) is 13.4. The average Bonchev–Trinajstić information content (AvgIpc) is 2.55. The highest BCUT2D eigenvalue weighted by atomic mass is 35.5. The molecule has 0 bridgehead atoms. The number of aryl methyl sites for hydroxylation is 1. The minimum atomic E-state index is -0.0876. The molecule has 0 aliphatic rings. The Kier molecular flexibility index (Phi) is 6.44. The molecule has 1 amide bonds. The van der Waals surface area contributed by atoms with Crippen LogP contribution in [0.4, 0.5) is 5.69 Å². The Morgan fingerprint density at radius 2 is 2.00 bits per heavy atom. The first-order chi connectivity index (χ1) is 11.1. The summed E-state index contributed by atoms with van der Waals surface area (Å²) in [6.45, 7) is 2.88. The summed E-state index contributed by atoms with van der Waals surface area (Å²) in [5.41, 5.74) is 2.85. The van der Waals surface area contributed by atoms with Gasteiger partial charge in [0.25, 0.3) is 0 Å². The molecule has 2 N–H and O–H groups in total. The molecule has 2 aromatic carbocycles. The van der Waals surface area contributed by atoms with Crippen molar-refractivity contribution in [2.24, 2.45) is 0 Å². The Morgan fingerprint density at radius 1 is 1.22 bits per heavy atom. The van der Waals surface area contributed by atoms with Gasteiger partial charge in [-0.05, 0) is 49.2 Å². The lowest BCUT2D eigenvalue weighted by Crippen LogP contribution is -2.29. The van der Waals surface area contributed by atoms with Crippen molar-refractivity contribution in [3.05, 3.63) is 58.6 Å². The van der Waals surface area contributed by atoms with Crippen molar-refractivity contribution in [3.8, 4) is 5.75 Å². The summed E-state index contributed by atoms with van der Waals surface area (Å²) in [7, 11) is 1.66. The van der Waals surface area contributed by atoms with Gasteiger partial charge in [-0.25, -0.2) is 0 Å². The van der Waals surface area contributed by atoms with E-state index in [0.29, 0.717) is 11.6 Å². The van der Waals surface area contributed by atoms with Gasteiger partial charge in [-0.1, -0.05) is 35.9 Å². The highest BCUT2D eigenvalue weighted by Gasteiger charge is 2.06. The predicted octanol–water partition coefficient (Wildman–Crippen LogP) is 3.43. The van der Waals surface area contributed by atoms with Gasteiger partial charge in [-0.3, -0.25) is 4.79 Å². The second-order valence-corrected chi connectivity index (χ2v) is 5.68.